The fraction of sp³-hybridized carbons (Fsp3) is 0.484. The van der Waals surface area contributed by atoms with Gasteiger partial charge in [-0.3, -0.25) is 19.2 Å². The van der Waals surface area contributed by atoms with Crippen LogP contribution in [0.5, 0.6) is 0 Å². The van der Waals surface area contributed by atoms with E-state index < -0.39 is 12.1 Å². The molecule has 2 aromatic rings. The molecule has 2 amide bonds. The highest BCUT2D eigenvalue weighted by atomic mass is 16.2. The first kappa shape index (κ1) is 28.3. The normalized spacial score (nSPS) is 16.6. The van der Waals surface area contributed by atoms with Crippen LogP contribution in [-0.4, -0.2) is 23.4 Å². The van der Waals surface area contributed by atoms with Gasteiger partial charge in [-0.1, -0.05) is 94.8 Å². The predicted molar refractivity (Wildman–Crippen MR) is 144 cm³/mol. The molecule has 37 heavy (non-hydrogen) atoms. The third kappa shape index (κ3) is 8.11. The Kier molecular flexibility index (Phi) is 10.2. The van der Waals surface area contributed by atoms with Crippen LogP contribution < -0.4 is 10.6 Å². The van der Waals surface area contributed by atoms with Gasteiger partial charge in [0.25, 0.3) is 0 Å². The molecule has 0 spiro atoms. The number of ketones is 2. The summed E-state index contributed by atoms with van der Waals surface area (Å²) in [6.45, 7) is 7.46. The van der Waals surface area contributed by atoms with E-state index in [4.69, 9.17) is 0 Å². The van der Waals surface area contributed by atoms with Crippen molar-refractivity contribution >= 4 is 23.4 Å². The Hall–Kier alpha value is -3.28. The predicted octanol–water partition coefficient (Wildman–Crippen LogP) is 5.35. The van der Waals surface area contributed by atoms with Crippen molar-refractivity contribution in [1.82, 2.24) is 10.6 Å². The summed E-state index contributed by atoms with van der Waals surface area (Å²) in [5.74, 6) is 0.213. The van der Waals surface area contributed by atoms with Gasteiger partial charge in [-0.25, -0.2) is 0 Å². The Morgan fingerprint density at radius 2 is 0.946 bits per heavy atom. The molecule has 2 aliphatic rings. The van der Waals surface area contributed by atoms with Gasteiger partial charge in [0.2, 0.25) is 11.8 Å². The molecule has 2 aliphatic carbocycles. The number of carbonyl (C=O) groups is 4. The number of hydrogen-bond donors (Lipinski definition) is 2. The highest BCUT2D eigenvalue weighted by molar-refractivity contribution is 5.93. The maximum absolute atomic E-state index is 12.3. The zero-order chi connectivity index (χ0) is 26.9. The molecule has 6 heteroatoms. The Labute approximate surface area is 220 Å². The van der Waals surface area contributed by atoms with Crippen molar-refractivity contribution in [2.24, 2.45) is 23.7 Å². The molecule has 0 radical (unpaired) electrons. The van der Waals surface area contributed by atoms with E-state index >= 15 is 0 Å². The zero-order valence-electron chi connectivity index (χ0n) is 22.4. The molecule has 6 nitrogen and oxygen atoms in total. The van der Waals surface area contributed by atoms with E-state index in [1.165, 1.54) is 0 Å². The Bertz CT molecular complexity index is 1060. The van der Waals surface area contributed by atoms with Crippen LogP contribution in [0.3, 0.4) is 0 Å². The fourth-order valence-electron chi connectivity index (χ4n) is 4.13. The van der Waals surface area contributed by atoms with Gasteiger partial charge in [0.15, 0.2) is 11.6 Å². The summed E-state index contributed by atoms with van der Waals surface area (Å²) in [6, 6.07) is 17.9. The van der Waals surface area contributed by atoms with Crippen molar-refractivity contribution in [2.75, 3.05) is 0 Å². The summed E-state index contributed by atoms with van der Waals surface area (Å²) in [6.07, 6.45) is 4.91. The summed E-state index contributed by atoms with van der Waals surface area (Å²) < 4.78 is 0. The average Bonchev–Trinajstić information content (AvgIpc) is 3.71. The highest BCUT2D eigenvalue weighted by Gasteiger charge is 2.34. The van der Waals surface area contributed by atoms with E-state index in [0.717, 1.165) is 43.2 Å². The molecule has 0 unspecified atom stereocenters. The number of carbonyl (C=O) groups excluding carboxylic acids is 4. The van der Waals surface area contributed by atoms with E-state index in [-0.39, 0.29) is 47.1 Å². The van der Waals surface area contributed by atoms with Gasteiger partial charge in [0, 0.05) is 23.7 Å². The first-order valence-electron chi connectivity index (χ1n) is 13.5. The molecule has 0 heterocycles. The second kappa shape index (κ2) is 13.3. The summed E-state index contributed by atoms with van der Waals surface area (Å²) in [5.41, 5.74) is 1.74. The van der Waals surface area contributed by atoms with Crippen LogP contribution in [0.2, 0.25) is 0 Å². The van der Waals surface area contributed by atoms with Crippen LogP contribution in [0.4, 0.5) is 0 Å². The van der Waals surface area contributed by atoms with E-state index in [9.17, 15) is 19.2 Å². The first-order chi connectivity index (χ1) is 17.7. The molecular formula is C31H40N2O4. The monoisotopic (exact) mass is 504 g/mol. The minimum absolute atomic E-state index is 0.0119. The minimum atomic E-state index is -0.505. The third-order valence-corrected chi connectivity index (χ3v) is 6.97. The Morgan fingerprint density at radius 1 is 0.595 bits per heavy atom. The molecule has 0 aromatic heterocycles. The van der Waals surface area contributed by atoms with Crippen LogP contribution in [0.1, 0.15) is 83.0 Å². The van der Waals surface area contributed by atoms with Gasteiger partial charge in [-0.05, 0) is 36.8 Å². The maximum atomic E-state index is 12.3. The Morgan fingerprint density at radius 3 is 1.22 bits per heavy atom. The number of Topliss-reactive ketones (excluding diaryl/α,β-unsaturated/α-hetero) is 2. The first-order valence-corrected chi connectivity index (χ1v) is 13.5. The van der Waals surface area contributed by atoms with E-state index in [1.54, 1.807) is 0 Å². The van der Waals surface area contributed by atoms with Gasteiger partial charge >= 0.3 is 0 Å². The number of amides is 2. The van der Waals surface area contributed by atoms with Crippen LogP contribution in [-0.2, 0) is 19.2 Å². The lowest BCUT2D eigenvalue weighted by Gasteiger charge is -2.27. The number of benzene rings is 2. The molecule has 4 rings (SSSR count). The van der Waals surface area contributed by atoms with Gasteiger partial charge in [0.05, 0.1) is 0 Å². The number of rotatable bonds is 10. The molecule has 2 fully saturated rings. The zero-order valence-corrected chi connectivity index (χ0v) is 22.4. The second-order valence-corrected chi connectivity index (χ2v) is 10.7. The van der Waals surface area contributed by atoms with Gasteiger partial charge < -0.3 is 10.6 Å². The number of hydrogen-bond acceptors (Lipinski definition) is 4. The van der Waals surface area contributed by atoms with Crippen LogP contribution in [0.15, 0.2) is 60.7 Å². The van der Waals surface area contributed by atoms with Crippen molar-refractivity contribution < 1.29 is 19.2 Å². The molecule has 2 N–H and O–H groups in total. The van der Waals surface area contributed by atoms with E-state index in [1.807, 2.05) is 88.4 Å². The lowest BCUT2D eigenvalue weighted by molar-refractivity contribution is -0.133. The van der Waals surface area contributed by atoms with Crippen LogP contribution in [0.25, 0.3) is 0 Å². The average molecular weight is 505 g/mol. The number of nitrogens with one attached hydrogen (secondary N) is 2. The largest absolute Gasteiger partial charge is 0.342 e. The quantitative estimate of drug-likeness (QED) is 0.456. The molecule has 0 bridgehead atoms. The second-order valence-electron chi connectivity index (χ2n) is 10.7. The standard InChI is InChI=1S/C16H21NO2.C15H19NO2/c1-11(2)15(18)14(12-7-4-3-5-8-12)17-16(19)13-9-6-10-13;1-10(2)14(17)13(11-6-4-3-5-7-11)16-15(18)12-8-9-12/h3-5,7-8,11,13-14H,6,9-10H2,1-2H3,(H,17,19);3-7,10,12-13H,8-9H2,1-2H3,(H,16,18)/t14-;13-/m11/s1. The van der Waals surface area contributed by atoms with Crippen molar-refractivity contribution in [3.63, 3.8) is 0 Å². The summed E-state index contributed by atoms with van der Waals surface area (Å²) in [4.78, 5) is 48.4. The van der Waals surface area contributed by atoms with Crippen LogP contribution in [0, 0.1) is 23.7 Å². The summed E-state index contributed by atoms with van der Waals surface area (Å²) in [7, 11) is 0. The Balaban J connectivity index is 0.000000206. The summed E-state index contributed by atoms with van der Waals surface area (Å²) >= 11 is 0. The van der Waals surface area contributed by atoms with Gasteiger partial charge in [-0.15, -0.1) is 0 Å². The molecule has 198 valence electrons. The minimum Gasteiger partial charge on any atom is -0.342 e. The van der Waals surface area contributed by atoms with Gasteiger partial charge in [-0.2, -0.15) is 0 Å². The van der Waals surface area contributed by atoms with Crippen LogP contribution >= 0.6 is 0 Å². The van der Waals surface area contributed by atoms with E-state index in [2.05, 4.69) is 10.6 Å². The summed E-state index contributed by atoms with van der Waals surface area (Å²) in [5, 5.41) is 5.82. The fourth-order valence-corrected chi connectivity index (χ4v) is 4.13. The molecule has 0 saturated heterocycles. The molecule has 2 aromatic carbocycles. The van der Waals surface area contributed by atoms with Crippen molar-refractivity contribution in [3.8, 4) is 0 Å². The lowest BCUT2D eigenvalue weighted by atomic mass is 9.84. The lowest BCUT2D eigenvalue weighted by Crippen LogP contribution is -2.41. The van der Waals surface area contributed by atoms with Crippen molar-refractivity contribution in [3.05, 3.63) is 71.8 Å². The molecule has 0 aliphatic heterocycles. The molecular weight excluding hydrogens is 464 g/mol. The SMILES string of the molecule is CC(C)C(=O)[C@H](NC(=O)C1CC1)c1ccccc1.CC(C)C(=O)[C@H](NC(=O)C1CCC1)c1ccccc1. The van der Waals surface area contributed by atoms with Gasteiger partial charge in [0.1, 0.15) is 12.1 Å². The smallest absolute Gasteiger partial charge is 0.223 e. The highest BCUT2D eigenvalue weighted by Crippen LogP contribution is 2.30. The van der Waals surface area contributed by atoms with Crippen molar-refractivity contribution in [1.29, 1.82) is 0 Å². The third-order valence-electron chi connectivity index (χ3n) is 6.97. The molecule has 2 saturated carbocycles. The molecule has 2 atom stereocenters. The maximum Gasteiger partial charge on any atom is 0.223 e. The van der Waals surface area contributed by atoms with Crippen molar-refractivity contribution in [2.45, 2.75) is 71.9 Å². The topological polar surface area (TPSA) is 92.3 Å². The van der Waals surface area contributed by atoms with E-state index in [0.29, 0.717) is 0 Å².